The third kappa shape index (κ3) is 4.79. The number of unbranched alkanes of at least 4 members (excludes halogenated alkanes) is 1. The van der Waals surface area contributed by atoms with Crippen LogP contribution in [0.25, 0.3) is 0 Å². The van der Waals surface area contributed by atoms with E-state index in [1.165, 1.54) is 7.11 Å². The number of carbonyl (C=O) groups excluding carboxylic acids is 1. The minimum atomic E-state index is -0.430. The number of benzene rings is 1. The van der Waals surface area contributed by atoms with E-state index in [1.54, 1.807) is 12.1 Å². The number of nitrogen functional groups attached to an aromatic ring is 1. The van der Waals surface area contributed by atoms with Crippen LogP contribution in [0.5, 0.6) is 0 Å². The molecule has 0 spiro atoms. The number of esters is 1. The SMILES string of the molecule is CCCCOCCNc1cccc(C(=O)OC)c1N. The van der Waals surface area contributed by atoms with Gasteiger partial charge < -0.3 is 20.5 Å². The zero-order chi connectivity index (χ0) is 14.1. The van der Waals surface area contributed by atoms with Crippen molar-refractivity contribution < 1.29 is 14.3 Å². The van der Waals surface area contributed by atoms with Gasteiger partial charge in [-0.15, -0.1) is 0 Å². The van der Waals surface area contributed by atoms with E-state index in [1.807, 2.05) is 6.07 Å². The summed E-state index contributed by atoms with van der Waals surface area (Å²) in [6, 6.07) is 5.24. The van der Waals surface area contributed by atoms with Gasteiger partial charge in [0, 0.05) is 13.2 Å². The molecule has 5 heteroatoms. The maximum absolute atomic E-state index is 11.5. The molecule has 0 aliphatic heterocycles. The lowest BCUT2D eigenvalue weighted by Crippen LogP contribution is -2.13. The van der Waals surface area contributed by atoms with Crippen LogP contribution in [0.3, 0.4) is 0 Å². The van der Waals surface area contributed by atoms with E-state index in [9.17, 15) is 4.79 Å². The highest BCUT2D eigenvalue weighted by molar-refractivity contribution is 5.98. The number of anilines is 2. The van der Waals surface area contributed by atoms with Crippen molar-refractivity contribution in [2.45, 2.75) is 19.8 Å². The molecule has 0 saturated heterocycles. The number of para-hydroxylation sites is 1. The van der Waals surface area contributed by atoms with Gasteiger partial charge in [-0.1, -0.05) is 19.4 Å². The lowest BCUT2D eigenvalue weighted by atomic mass is 10.1. The predicted octanol–water partition coefficient (Wildman–Crippen LogP) is 2.28. The Balaban J connectivity index is 2.48. The molecule has 0 bridgehead atoms. The Labute approximate surface area is 114 Å². The molecule has 0 aliphatic rings. The summed E-state index contributed by atoms with van der Waals surface area (Å²) < 4.78 is 10.1. The van der Waals surface area contributed by atoms with Crippen LogP contribution >= 0.6 is 0 Å². The van der Waals surface area contributed by atoms with E-state index < -0.39 is 5.97 Å². The van der Waals surface area contributed by atoms with Crippen molar-refractivity contribution in [1.29, 1.82) is 0 Å². The summed E-state index contributed by atoms with van der Waals surface area (Å²) in [6.45, 7) is 4.16. The average Bonchev–Trinajstić information content (AvgIpc) is 2.43. The molecule has 0 saturated carbocycles. The molecule has 0 unspecified atom stereocenters. The van der Waals surface area contributed by atoms with E-state index in [-0.39, 0.29) is 0 Å². The molecule has 1 aromatic rings. The molecule has 0 aromatic heterocycles. The number of nitrogens with two attached hydrogens (primary N) is 1. The third-order valence-corrected chi connectivity index (χ3v) is 2.72. The quantitative estimate of drug-likeness (QED) is 0.429. The van der Waals surface area contributed by atoms with Gasteiger partial charge in [0.15, 0.2) is 0 Å². The summed E-state index contributed by atoms with van der Waals surface area (Å²) in [5.41, 5.74) is 7.42. The summed E-state index contributed by atoms with van der Waals surface area (Å²) >= 11 is 0. The summed E-state index contributed by atoms with van der Waals surface area (Å²) in [5, 5.41) is 3.15. The van der Waals surface area contributed by atoms with Crippen LogP contribution < -0.4 is 11.1 Å². The molecular formula is C14H22N2O3. The highest BCUT2D eigenvalue weighted by atomic mass is 16.5. The Kier molecular flexibility index (Phi) is 6.74. The highest BCUT2D eigenvalue weighted by Gasteiger charge is 2.12. The van der Waals surface area contributed by atoms with Gasteiger partial charge in [-0.05, 0) is 18.6 Å². The van der Waals surface area contributed by atoms with Gasteiger partial charge in [-0.25, -0.2) is 4.79 Å². The number of methoxy groups -OCH3 is 1. The van der Waals surface area contributed by atoms with Crippen LogP contribution in [-0.2, 0) is 9.47 Å². The Bertz CT molecular complexity index is 408. The maximum Gasteiger partial charge on any atom is 0.340 e. The van der Waals surface area contributed by atoms with Crippen LogP contribution in [-0.4, -0.2) is 32.8 Å². The zero-order valence-corrected chi connectivity index (χ0v) is 11.6. The molecule has 3 N–H and O–H groups in total. The van der Waals surface area contributed by atoms with Crippen molar-refractivity contribution in [3.8, 4) is 0 Å². The normalized spacial score (nSPS) is 10.2. The standard InChI is InChI=1S/C14H22N2O3/c1-3-4-9-19-10-8-16-12-7-5-6-11(13(12)15)14(17)18-2/h5-7,16H,3-4,8-10,15H2,1-2H3. The minimum Gasteiger partial charge on any atom is -0.465 e. The number of nitrogens with one attached hydrogen (secondary N) is 1. The first-order valence-corrected chi connectivity index (χ1v) is 6.49. The smallest absolute Gasteiger partial charge is 0.340 e. The maximum atomic E-state index is 11.5. The first-order chi connectivity index (χ1) is 9.20. The van der Waals surface area contributed by atoms with E-state index in [4.69, 9.17) is 10.5 Å². The molecule has 0 radical (unpaired) electrons. The molecule has 1 rings (SSSR count). The molecule has 1 aromatic carbocycles. The second kappa shape index (κ2) is 8.37. The molecule has 19 heavy (non-hydrogen) atoms. The summed E-state index contributed by atoms with van der Waals surface area (Å²) in [4.78, 5) is 11.5. The van der Waals surface area contributed by atoms with E-state index in [0.717, 1.165) is 25.1 Å². The lowest BCUT2D eigenvalue weighted by molar-refractivity contribution is 0.0602. The Hall–Kier alpha value is -1.75. The molecule has 0 amide bonds. The van der Waals surface area contributed by atoms with Gasteiger partial charge in [-0.2, -0.15) is 0 Å². The fourth-order valence-corrected chi connectivity index (χ4v) is 1.61. The first kappa shape index (κ1) is 15.3. The van der Waals surface area contributed by atoms with Crippen LogP contribution in [0.15, 0.2) is 18.2 Å². The fourth-order valence-electron chi connectivity index (χ4n) is 1.61. The number of rotatable bonds is 8. The van der Waals surface area contributed by atoms with E-state index in [2.05, 4.69) is 17.0 Å². The second-order valence-corrected chi connectivity index (χ2v) is 4.15. The van der Waals surface area contributed by atoms with Gasteiger partial charge >= 0.3 is 5.97 Å². The van der Waals surface area contributed by atoms with Crippen molar-refractivity contribution in [3.05, 3.63) is 23.8 Å². The average molecular weight is 266 g/mol. The summed E-state index contributed by atoms with van der Waals surface area (Å²) in [5.74, 6) is -0.430. The van der Waals surface area contributed by atoms with Crippen molar-refractivity contribution >= 4 is 17.3 Å². The van der Waals surface area contributed by atoms with E-state index >= 15 is 0 Å². The lowest BCUT2D eigenvalue weighted by Gasteiger charge is -2.12. The Morgan fingerprint density at radius 3 is 2.84 bits per heavy atom. The number of hydrogen-bond acceptors (Lipinski definition) is 5. The third-order valence-electron chi connectivity index (χ3n) is 2.72. The largest absolute Gasteiger partial charge is 0.465 e. The van der Waals surface area contributed by atoms with Crippen LogP contribution in [0.2, 0.25) is 0 Å². The molecule has 0 aliphatic carbocycles. The molecule has 0 atom stereocenters. The zero-order valence-electron chi connectivity index (χ0n) is 11.6. The van der Waals surface area contributed by atoms with Crippen molar-refractivity contribution in [1.82, 2.24) is 0 Å². The van der Waals surface area contributed by atoms with Crippen LogP contribution in [0.4, 0.5) is 11.4 Å². The van der Waals surface area contributed by atoms with E-state index in [0.29, 0.717) is 24.4 Å². The monoisotopic (exact) mass is 266 g/mol. The van der Waals surface area contributed by atoms with Gasteiger partial charge in [0.1, 0.15) is 0 Å². The Morgan fingerprint density at radius 2 is 2.16 bits per heavy atom. The number of hydrogen-bond donors (Lipinski definition) is 2. The second-order valence-electron chi connectivity index (χ2n) is 4.15. The molecule has 0 fully saturated rings. The van der Waals surface area contributed by atoms with Gasteiger partial charge in [0.05, 0.1) is 30.7 Å². The van der Waals surface area contributed by atoms with Gasteiger partial charge in [0.2, 0.25) is 0 Å². The number of ether oxygens (including phenoxy) is 2. The van der Waals surface area contributed by atoms with Crippen molar-refractivity contribution in [2.75, 3.05) is 37.9 Å². The molecule has 5 nitrogen and oxygen atoms in total. The van der Waals surface area contributed by atoms with Gasteiger partial charge in [0.25, 0.3) is 0 Å². The molecule has 0 heterocycles. The van der Waals surface area contributed by atoms with Crippen LogP contribution in [0, 0.1) is 0 Å². The first-order valence-electron chi connectivity index (χ1n) is 6.49. The van der Waals surface area contributed by atoms with Crippen LogP contribution in [0.1, 0.15) is 30.1 Å². The van der Waals surface area contributed by atoms with Crippen molar-refractivity contribution in [3.63, 3.8) is 0 Å². The highest BCUT2D eigenvalue weighted by Crippen LogP contribution is 2.23. The topological polar surface area (TPSA) is 73.6 Å². The van der Waals surface area contributed by atoms with Crippen molar-refractivity contribution in [2.24, 2.45) is 0 Å². The molecular weight excluding hydrogens is 244 g/mol. The minimum absolute atomic E-state index is 0.374. The summed E-state index contributed by atoms with van der Waals surface area (Å²) in [6.07, 6.45) is 2.20. The number of carbonyl (C=O) groups is 1. The predicted molar refractivity (Wildman–Crippen MR) is 76.4 cm³/mol. The fraction of sp³-hybridized carbons (Fsp3) is 0.500. The van der Waals surface area contributed by atoms with Gasteiger partial charge in [-0.3, -0.25) is 0 Å². The summed E-state index contributed by atoms with van der Waals surface area (Å²) in [7, 11) is 1.34. The Morgan fingerprint density at radius 1 is 1.37 bits per heavy atom. The molecule has 106 valence electrons.